The number of hydrogen-bond acceptors (Lipinski definition) is 3. The Morgan fingerprint density at radius 3 is 2.84 bits per heavy atom. The predicted octanol–water partition coefficient (Wildman–Crippen LogP) is 4.00. The average Bonchev–Trinajstić information content (AvgIpc) is 2.43. The highest BCUT2D eigenvalue weighted by molar-refractivity contribution is 7.99. The van der Waals surface area contributed by atoms with E-state index in [0.717, 1.165) is 24.2 Å². The highest BCUT2D eigenvalue weighted by atomic mass is 35.5. The molecule has 1 aromatic carbocycles. The summed E-state index contributed by atoms with van der Waals surface area (Å²) in [5, 5.41) is 7.04. The number of nitrogens with one attached hydrogen (secondary N) is 2. The van der Waals surface area contributed by atoms with Gasteiger partial charge in [0, 0.05) is 18.2 Å². The molecular formula is C14H19ClN2OS. The van der Waals surface area contributed by atoms with Crippen molar-refractivity contribution in [1.82, 2.24) is 0 Å². The van der Waals surface area contributed by atoms with E-state index in [0.29, 0.717) is 17.5 Å². The van der Waals surface area contributed by atoms with E-state index >= 15 is 0 Å². The molecule has 0 atom stereocenters. The first-order chi connectivity index (χ1) is 9.19. The Bertz CT molecular complexity index is 447. The van der Waals surface area contributed by atoms with E-state index in [1.165, 1.54) is 11.5 Å². The zero-order chi connectivity index (χ0) is 13.7. The van der Waals surface area contributed by atoms with Crippen LogP contribution in [0.3, 0.4) is 0 Å². The summed E-state index contributed by atoms with van der Waals surface area (Å²) in [6.07, 6.45) is 2.80. The molecule has 0 bridgehead atoms. The summed E-state index contributed by atoms with van der Waals surface area (Å²) in [6, 6.07) is 6.05. The van der Waals surface area contributed by atoms with Crippen molar-refractivity contribution in [3.63, 3.8) is 0 Å². The average molecular weight is 299 g/mol. The third-order valence-electron chi connectivity index (χ3n) is 3.15. The second-order valence-corrected chi connectivity index (χ2v) is 6.26. The molecule has 2 N–H and O–H groups in total. The number of thioether (sulfide) groups is 1. The normalized spacial score (nSPS) is 16.1. The summed E-state index contributed by atoms with van der Waals surface area (Å²) in [6.45, 7) is 1.84. The minimum absolute atomic E-state index is 0.0161. The third kappa shape index (κ3) is 4.32. The van der Waals surface area contributed by atoms with E-state index < -0.39 is 0 Å². The van der Waals surface area contributed by atoms with Crippen LogP contribution >= 0.6 is 23.4 Å². The molecule has 5 heteroatoms. The van der Waals surface area contributed by atoms with Crippen LogP contribution in [0.5, 0.6) is 0 Å². The van der Waals surface area contributed by atoms with Crippen LogP contribution in [-0.2, 0) is 4.79 Å². The fourth-order valence-corrected chi connectivity index (χ4v) is 3.30. The molecule has 1 aliphatic heterocycles. The lowest BCUT2D eigenvalue weighted by Crippen LogP contribution is -2.24. The van der Waals surface area contributed by atoms with E-state index in [2.05, 4.69) is 10.6 Å². The summed E-state index contributed by atoms with van der Waals surface area (Å²) in [7, 11) is 0. The summed E-state index contributed by atoms with van der Waals surface area (Å²) in [5.41, 5.74) is 1.71. The standard InChI is InChI=1S/C14H19ClN2OS/c1-2-14(18)17-11-3-4-12(15)13(9-11)16-10-5-7-19-8-6-10/h3-4,9-10,16H,2,5-8H2,1H3,(H,17,18). The quantitative estimate of drug-likeness (QED) is 0.883. The maximum atomic E-state index is 11.4. The molecule has 2 rings (SSSR count). The summed E-state index contributed by atoms with van der Waals surface area (Å²) < 4.78 is 0. The van der Waals surface area contributed by atoms with E-state index in [9.17, 15) is 4.79 Å². The lowest BCUT2D eigenvalue weighted by molar-refractivity contribution is -0.115. The molecule has 1 fully saturated rings. The largest absolute Gasteiger partial charge is 0.381 e. The van der Waals surface area contributed by atoms with Gasteiger partial charge < -0.3 is 10.6 Å². The molecule has 0 spiro atoms. The second kappa shape index (κ2) is 7.06. The number of hydrogen-bond donors (Lipinski definition) is 2. The third-order valence-corrected chi connectivity index (χ3v) is 4.53. The molecule has 1 saturated heterocycles. The Kier molecular flexibility index (Phi) is 5.40. The maximum Gasteiger partial charge on any atom is 0.224 e. The Hall–Kier alpha value is -0.870. The van der Waals surface area contributed by atoms with Crippen LogP contribution in [0.4, 0.5) is 11.4 Å². The molecule has 19 heavy (non-hydrogen) atoms. The van der Waals surface area contributed by atoms with Gasteiger partial charge in [-0.25, -0.2) is 0 Å². The Labute approximate surface area is 123 Å². The van der Waals surface area contributed by atoms with Gasteiger partial charge in [-0.15, -0.1) is 0 Å². The van der Waals surface area contributed by atoms with Gasteiger partial charge in [0.1, 0.15) is 0 Å². The first kappa shape index (κ1) is 14.5. The molecule has 0 radical (unpaired) electrons. The Balaban J connectivity index is 2.05. The van der Waals surface area contributed by atoms with E-state index in [4.69, 9.17) is 11.6 Å². The fourth-order valence-electron chi connectivity index (χ4n) is 2.02. The second-order valence-electron chi connectivity index (χ2n) is 4.63. The lowest BCUT2D eigenvalue weighted by Gasteiger charge is -2.24. The van der Waals surface area contributed by atoms with Gasteiger partial charge in [0.2, 0.25) is 5.91 Å². The molecule has 3 nitrogen and oxygen atoms in total. The van der Waals surface area contributed by atoms with Crippen molar-refractivity contribution in [2.75, 3.05) is 22.1 Å². The molecule has 0 saturated carbocycles. The van der Waals surface area contributed by atoms with Crippen molar-refractivity contribution in [2.24, 2.45) is 0 Å². The van der Waals surface area contributed by atoms with Gasteiger partial charge in [-0.3, -0.25) is 4.79 Å². The van der Waals surface area contributed by atoms with Crippen LogP contribution in [0.1, 0.15) is 26.2 Å². The summed E-state index contributed by atoms with van der Waals surface area (Å²) in [4.78, 5) is 11.4. The van der Waals surface area contributed by atoms with Crippen LogP contribution in [0.2, 0.25) is 5.02 Å². The number of carbonyl (C=O) groups is 1. The highest BCUT2D eigenvalue weighted by Gasteiger charge is 2.14. The van der Waals surface area contributed by atoms with Crippen molar-refractivity contribution < 1.29 is 4.79 Å². The zero-order valence-corrected chi connectivity index (χ0v) is 12.6. The smallest absolute Gasteiger partial charge is 0.224 e. The van der Waals surface area contributed by atoms with Crippen LogP contribution in [0.25, 0.3) is 0 Å². The van der Waals surface area contributed by atoms with Crippen LogP contribution in [-0.4, -0.2) is 23.5 Å². The molecule has 0 unspecified atom stereocenters. The Morgan fingerprint density at radius 2 is 2.16 bits per heavy atom. The van der Waals surface area contributed by atoms with Crippen LogP contribution in [0.15, 0.2) is 18.2 Å². The monoisotopic (exact) mass is 298 g/mol. The SMILES string of the molecule is CCC(=O)Nc1ccc(Cl)c(NC2CCSCC2)c1. The van der Waals surface area contributed by atoms with Crippen molar-refractivity contribution in [3.8, 4) is 0 Å². The van der Waals surface area contributed by atoms with Gasteiger partial charge in [-0.1, -0.05) is 18.5 Å². The number of amides is 1. The molecule has 0 aromatic heterocycles. The molecule has 1 heterocycles. The number of rotatable bonds is 4. The van der Waals surface area contributed by atoms with Crippen molar-refractivity contribution in [2.45, 2.75) is 32.2 Å². The van der Waals surface area contributed by atoms with Crippen molar-refractivity contribution in [3.05, 3.63) is 23.2 Å². The molecule has 1 aliphatic rings. The predicted molar refractivity (Wildman–Crippen MR) is 84.3 cm³/mol. The first-order valence-corrected chi connectivity index (χ1v) is 8.16. The van der Waals surface area contributed by atoms with Gasteiger partial charge in [0.05, 0.1) is 10.7 Å². The lowest BCUT2D eigenvalue weighted by atomic mass is 10.1. The molecule has 104 valence electrons. The highest BCUT2D eigenvalue weighted by Crippen LogP contribution is 2.28. The van der Waals surface area contributed by atoms with E-state index in [-0.39, 0.29) is 5.91 Å². The van der Waals surface area contributed by atoms with Gasteiger partial charge in [-0.05, 0) is 42.5 Å². The first-order valence-electron chi connectivity index (χ1n) is 6.62. The van der Waals surface area contributed by atoms with Gasteiger partial charge in [0.25, 0.3) is 0 Å². The number of carbonyl (C=O) groups excluding carboxylic acids is 1. The molecule has 0 aliphatic carbocycles. The van der Waals surface area contributed by atoms with Crippen LogP contribution < -0.4 is 10.6 Å². The van der Waals surface area contributed by atoms with Gasteiger partial charge in [0.15, 0.2) is 0 Å². The minimum atomic E-state index is 0.0161. The fraction of sp³-hybridized carbons (Fsp3) is 0.500. The molecule has 1 amide bonds. The summed E-state index contributed by atoms with van der Waals surface area (Å²) in [5.74, 6) is 2.41. The van der Waals surface area contributed by atoms with E-state index in [1.54, 1.807) is 0 Å². The van der Waals surface area contributed by atoms with Crippen LogP contribution in [0, 0.1) is 0 Å². The molecular weight excluding hydrogens is 280 g/mol. The molecule has 1 aromatic rings. The maximum absolute atomic E-state index is 11.4. The van der Waals surface area contributed by atoms with Crippen molar-refractivity contribution >= 4 is 40.6 Å². The number of anilines is 2. The van der Waals surface area contributed by atoms with Gasteiger partial charge in [-0.2, -0.15) is 11.8 Å². The van der Waals surface area contributed by atoms with E-state index in [1.807, 2.05) is 36.9 Å². The number of halogens is 1. The Morgan fingerprint density at radius 1 is 1.42 bits per heavy atom. The van der Waals surface area contributed by atoms with Gasteiger partial charge >= 0.3 is 0 Å². The number of benzene rings is 1. The zero-order valence-electron chi connectivity index (χ0n) is 11.0. The topological polar surface area (TPSA) is 41.1 Å². The minimum Gasteiger partial charge on any atom is -0.381 e. The van der Waals surface area contributed by atoms with Crippen molar-refractivity contribution in [1.29, 1.82) is 0 Å². The summed E-state index contributed by atoms with van der Waals surface area (Å²) >= 11 is 8.20.